The van der Waals surface area contributed by atoms with Crippen LogP contribution in [0.1, 0.15) is 35.1 Å². The van der Waals surface area contributed by atoms with Crippen molar-refractivity contribution in [2.24, 2.45) is 0 Å². The Hall–Kier alpha value is -4.18. The number of rotatable bonds is 6. The largest absolute Gasteiger partial charge is 0.417 e. The quantitative estimate of drug-likeness (QED) is 0.497. The minimum Gasteiger partial charge on any atom is -0.379 e. The van der Waals surface area contributed by atoms with Crippen molar-refractivity contribution in [3.05, 3.63) is 89.0 Å². The highest BCUT2D eigenvalue weighted by atomic mass is 19.4. The second-order valence-corrected chi connectivity index (χ2v) is 9.30. The first-order chi connectivity index (χ1) is 17.5. The van der Waals surface area contributed by atoms with E-state index < -0.39 is 28.8 Å². The molecule has 1 aliphatic rings. The van der Waals surface area contributed by atoms with Gasteiger partial charge >= 0.3 is 6.18 Å². The molecule has 37 heavy (non-hydrogen) atoms. The highest BCUT2D eigenvalue weighted by Crippen LogP contribution is 2.34. The standard InChI is InChI=1S/C28H23F3N4O2/c1-27(37,26(36)34-24-10-9-22(14-33)25(12-24)28(29,30)31)17-35-15-23(16-35)21-4-2-3-20(11-21)19-7-5-18(13-32)6-8-19/h2-12,23,37H,15-17H2,1H3,(H,34,36). The summed E-state index contributed by atoms with van der Waals surface area (Å²) < 4.78 is 39.6. The Morgan fingerprint density at radius 2 is 1.73 bits per heavy atom. The van der Waals surface area contributed by atoms with Gasteiger partial charge in [-0.3, -0.25) is 9.69 Å². The second kappa shape index (κ2) is 10.1. The maximum Gasteiger partial charge on any atom is 0.417 e. The Bertz CT molecular complexity index is 1400. The zero-order chi connectivity index (χ0) is 26.8. The number of carbonyl (C=O) groups is 1. The minimum absolute atomic E-state index is 0.00700. The molecule has 1 unspecified atom stereocenters. The number of hydrogen-bond donors (Lipinski definition) is 2. The highest BCUT2D eigenvalue weighted by Gasteiger charge is 2.39. The van der Waals surface area contributed by atoms with E-state index in [0.717, 1.165) is 22.8 Å². The molecule has 4 rings (SSSR count). The number of alkyl halides is 3. The predicted molar refractivity (Wildman–Crippen MR) is 131 cm³/mol. The smallest absolute Gasteiger partial charge is 0.379 e. The van der Waals surface area contributed by atoms with Gasteiger partial charge in [-0.05, 0) is 53.9 Å². The Morgan fingerprint density at radius 1 is 1.03 bits per heavy atom. The number of amides is 1. The fraction of sp³-hybridized carbons (Fsp3) is 0.250. The van der Waals surface area contributed by atoms with Crippen LogP contribution < -0.4 is 5.32 Å². The lowest BCUT2D eigenvalue weighted by atomic mass is 9.88. The summed E-state index contributed by atoms with van der Waals surface area (Å²) >= 11 is 0. The van der Waals surface area contributed by atoms with E-state index in [1.54, 1.807) is 12.1 Å². The number of halogens is 3. The van der Waals surface area contributed by atoms with Gasteiger partial charge in [0.05, 0.1) is 28.8 Å². The minimum atomic E-state index is -4.75. The van der Waals surface area contributed by atoms with Gasteiger partial charge in [0.15, 0.2) is 5.60 Å². The van der Waals surface area contributed by atoms with Crippen LogP contribution in [-0.4, -0.2) is 41.1 Å². The van der Waals surface area contributed by atoms with E-state index in [1.807, 2.05) is 35.2 Å². The van der Waals surface area contributed by atoms with Gasteiger partial charge in [-0.1, -0.05) is 36.4 Å². The van der Waals surface area contributed by atoms with Gasteiger partial charge in [-0.2, -0.15) is 23.7 Å². The maximum absolute atomic E-state index is 13.2. The lowest BCUT2D eigenvalue weighted by Gasteiger charge is -2.42. The molecular formula is C28H23F3N4O2. The van der Waals surface area contributed by atoms with Crippen LogP contribution >= 0.6 is 0 Å². The summed E-state index contributed by atoms with van der Waals surface area (Å²) in [4.78, 5) is 14.6. The molecule has 1 fully saturated rings. The van der Waals surface area contributed by atoms with Crippen molar-refractivity contribution in [1.82, 2.24) is 4.90 Å². The van der Waals surface area contributed by atoms with Gasteiger partial charge in [0.25, 0.3) is 5.91 Å². The fourth-order valence-electron chi connectivity index (χ4n) is 4.35. The molecule has 0 bridgehead atoms. The SMILES string of the molecule is CC(O)(CN1CC(c2cccc(-c3ccc(C#N)cc3)c2)C1)C(=O)Nc1ccc(C#N)c(C(F)(F)F)c1. The molecule has 188 valence electrons. The van der Waals surface area contributed by atoms with Crippen molar-refractivity contribution in [1.29, 1.82) is 10.5 Å². The van der Waals surface area contributed by atoms with E-state index in [1.165, 1.54) is 19.1 Å². The Kier molecular flexibility index (Phi) is 7.04. The van der Waals surface area contributed by atoms with Crippen molar-refractivity contribution in [3.63, 3.8) is 0 Å². The number of hydrogen-bond acceptors (Lipinski definition) is 5. The van der Waals surface area contributed by atoms with Crippen LogP contribution in [0.4, 0.5) is 18.9 Å². The number of anilines is 1. The second-order valence-electron chi connectivity index (χ2n) is 9.30. The molecule has 3 aromatic carbocycles. The molecule has 9 heteroatoms. The molecule has 0 spiro atoms. The summed E-state index contributed by atoms with van der Waals surface area (Å²) in [5.41, 5.74) is 0.0125. The third kappa shape index (κ3) is 5.80. The van der Waals surface area contributed by atoms with Gasteiger partial charge in [-0.25, -0.2) is 0 Å². The molecule has 1 atom stereocenters. The fourth-order valence-corrected chi connectivity index (χ4v) is 4.35. The predicted octanol–water partition coefficient (Wildman–Crippen LogP) is 4.90. The molecule has 3 aromatic rings. The van der Waals surface area contributed by atoms with Crippen LogP contribution in [0.5, 0.6) is 0 Å². The summed E-state index contributed by atoms with van der Waals surface area (Å²) in [6.07, 6.45) is -4.75. The van der Waals surface area contributed by atoms with Crippen LogP contribution in [-0.2, 0) is 11.0 Å². The van der Waals surface area contributed by atoms with Crippen molar-refractivity contribution < 1.29 is 23.1 Å². The Morgan fingerprint density at radius 3 is 2.35 bits per heavy atom. The zero-order valence-corrected chi connectivity index (χ0v) is 19.9. The molecule has 1 saturated heterocycles. The van der Waals surface area contributed by atoms with Crippen LogP contribution in [0.15, 0.2) is 66.7 Å². The summed E-state index contributed by atoms with van der Waals surface area (Å²) in [6.45, 7) is 2.53. The number of carbonyl (C=O) groups excluding carboxylic acids is 1. The van der Waals surface area contributed by atoms with Gasteiger partial charge in [-0.15, -0.1) is 0 Å². The molecular weight excluding hydrogens is 481 g/mol. The van der Waals surface area contributed by atoms with Crippen molar-refractivity contribution >= 4 is 11.6 Å². The third-order valence-electron chi connectivity index (χ3n) is 6.39. The van der Waals surface area contributed by atoms with Gasteiger partial charge in [0, 0.05) is 31.2 Å². The van der Waals surface area contributed by atoms with Crippen LogP contribution in [0.2, 0.25) is 0 Å². The highest BCUT2D eigenvalue weighted by molar-refractivity contribution is 5.97. The summed E-state index contributed by atoms with van der Waals surface area (Å²) in [7, 11) is 0. The average molecular weight is 505 g/mol. The number of nitrogens with zero attached hydrogens (tertiary/aromatic N) is 3. The molecule has 0 saturated carbocycles. The number of benzene rings is 3. The molecule has 1 amide bonds. The van der Waals surface area contributed by atoms with Gasteiger partial charge in [0.2, 0.25) is 0 Å². The van der Waals surface area contributed by atoms with Crippen LogP contribution in [0.25, 0.3) is 11.1 Å². The van der Waals surface area contributed by atoms with E-state index in [4.69, 9.17) is 10.5 Å². The van der Waals surface area contributed by atoms with E-state index in [2.05, 4.69) is 17.5 Å². The first-order valence-electron chi connectivity index (χ1n) is 11.5. The van der Waals surface area contributed by atoms with Crippen molar-refractivity contribution in [2.45, 2.75) is 24.6 Å². The molecule has 0 aliphatic carbocycles. The monoisotopic (exact) mass is 504 g/mol. The van der Waals surface area contributed by atoms with Crippen molar-refractivity contribution in [3.8, 4) is 23.3 Å². The zero-order valence-electron chi connectivity index (χ0n) is 19.9. The normalized spacial score (nSPS) is 15.6. The number of aliphatic hydroxyl groups is 1. The maximum atomic E-state index is 13.2. The summed E-state index contributed by atoms with van der Waals surface area (Å²) in [5, 5.41) is 31.0. The Balaban J connectivity index is 1.37. The van der Waals surface area contributed by atoms with Crippen LogP contribution in [0, 0.1) is 22.7 Å². The van der Waals surface area contributed by atoms with E-state index in [-0.39, 0.29) is 18.2 Å². The summed E-state index contributed by atoms with van der Waals surface area (Å²) in [6, 6.07) is 21.8. The van der Waals surface area contributed by atoms with Crippen LogP contribution in [0.3, 0.4) is 0 Å². The molecule has 1 aliphatic heterocycles. The first-order valence-corrected chi connectivity index (χ1v) is 11.5. The van der Waals surface area contributed by atoms with Crippen molar-refractivity contribution in [2.75, 3.05) is 25.0 Å². The molecule has 0 radical (unpaired) electrons. The molecule has 0 aromatic heterocycles. The molecule has 2 N–H and O–H groups in total. The Labute approximate surface area is 212 Å². The molecule has 6 nitrogen and oxygen atoms in total. The van der Waals surface area contributed by atoms with E-state index >= 15 is 0 Å². The number of likely N-dealkylation sites (tertiary alicyclic amines) is 1. The number of nitrogens with one attached hydrogen (secondary N) is 1. The number of β-amino-alcohol motifs (C(OH)–C–C–N with tert-alkyl or cyclic N) is 1. The van der Waals surface area contributed by atoms with E-state index in [9.17, 15) is 23.1 Å². The lowest BCUT2D eigenvalue weighted by molar-refractivity contribution is -0.138. The number of nitriles is 2. The van der Waals surface area contributed by atoms with Gasteiger partial charge < -0.3 is 10.4 Å². The summed E-state index contributed by atoms with van der Waals surface area (Å²) in [5.74, 6) is -0.637. The topological polar surface area (TPSA) is 100 Å². The van der Waals surface area contributed by atoms with Gasteiger partial charge in [0.1, 0.15) is 0 Å². The molecule has 1 heterocycles. The average Bonchev–Trinajstić information content (AvgIpc) is 2.85. The van der Waals surface area contributed by atoms with E-state index in [0.29, 0.717) is 24.7 Å². The first kappa shape index (κ1) is 25.9. The lowest BCUT2D eigenvalue weighted by Crippen LogP contribution is -2.55. The third-order valence-corrected chi connectivity index (χ3v) is 6.39.